The van der Waals surface area contributed by atoms with Crippen LogP contribution in [-0.2, 0) is 9.84 Å². The normalized spacial score (nSPS) is 39.0. The van der Waals surface area contributed by atoms with Crippen molar-refractivity contribution in [2.45, 2.75) is 107 Å². The van der Waals surface area contributed by atoms with Crippen LogP contribution < -0.4 is 0 Å². The Bertz CT molecular complexity index is 1050. The molecule has 3 fully saturated rings. The molecule has 0 aromatic heterocycles. The molecule has 2 N–H and O–H groups in total. The van der Waals surface area contributed by atoms with Gasteiger partial charge in [-0.3, -0.25) is 0 Å². The summed E-state index contributed by atoms with van der Waals surface area (Å²) in [4.78, 5) is 0.381. The topological polar surface area (TPSA) is 74.6 Å². The molecular formula is C31H46O4S. The molecule has 0 heterocycles. The van der Waals surface area contributed by atoms with Crippen LogP contribution in [0.15, 0.2) is 46.9 Å². The van der Waals surface area contributed by atoms with Crippen LogP contribution in [0.2, 0.25) is 0 Å². The molecule has 0 radical (unpaired) electrons. The summed E-state index contributed by atoms with van der Waals surface area (Å²) in [5.41, 5.74) is 1.36. The molecule has 8 atom stereocenters. The first-order valence-corrected chi connectivity index (χ1v) is 16.1. The Balaban J connectivity index is 1.28. The second-order valence-electron chi connectivity index (χ2n) is 12.7. The van der Waals surface area contributed by atoms with E-state index in [1.165, 1.54) is 32.1 Å². The summed E-state index contributed by atoms with van der Waals surface area (Å²) in [6.45, 7) is 4.54. The van der Waals surface area contributed by atoms with Crippen LogP contribution >= 0.6 is 0 Å². The maximum atomic E-state index is 13.3. The Labute approximate surface area is 218 Å². The minimum absolute atomic E-state index is 0.0890. The number of aliphatic hydroxyl groups is 2. The van der Waals surface area contributed by atoms with Gasteiger partial charge in [-0.05, 0) is 124 Å². The number of allylic oxidation sites excluding steroid dienone is 1. The lowest BCUT2D eigenvalue weighted by Gasteiger charge is -2.54. The van der Waals surface area contributed by atoms with Crippen LogP contribution in [0.1, 0.15) is 90.9 Å². The minimum Gasteiger partial charge on any atom is -0.396 e. The van der Waals surface area contributed by atoms with E-state index in [1.807, 2.05) is 6.07 Å². The number of rotatable bonds is 8. The lowest BCUT2D eigenvalue weighted by molar-refractivity contribution is -0.0406. The number of sulfone groups is 1. The predicted molar refractivity (Wildman–Crippen MR) is 144 cm³/mol. The van der Waals surface area contributed by atoms with Gasteiger partial charge in [-0.15, -0.1) is 0 Å². The van der Waals surface area contributed by atoms with Crippen molar-refractivity contribution in [1.82, 2.24) is 0 Å². The van der Waals surface area contributed by atoms with Gasteiger partial charge in [0.05, 0.1) is 15.7 Å². The van der Waals surface area contributed by atoms with E-state index in [-0.39, 0.29) is 6.61 Å². The fourth-order valence-electron chi connectivity index (χ4n) is 9.04. The van der Waals surface area contributed by atoms with Crippen LogP contribution in [-0.4, -0.2) is 36.1 Å². The number of aliphatic hydroxyl groups excluding tert-OH is 1. The van der Waals surface area contributed by atoms with E-state index in [4.69, 9.17) is 0 Å². The van der Waals surface area contributed by atoms with Gasteiger partial charge in [0.2, 0.25) is 0 Å². The van der Waals surface area contributed by atoms with Crippen molar-refractivity contribution in [3.8, 4) is 0 Å². The lowest BCUT2D eigenvalue weighted by Crippen LogP contribution is -2.47. The Hall–Kier alpha value is -1.17. The van der Waals surface area contributed by atoms with Crippen molar-refractivity contribution in [3.63, 3.8) is 0 Å². The predicted octanol–water partition coefficient (Wildman–Crippen LogP) is 6.32. The van der Waals surface area contributed by atoms with Gasteiger partial charge in [-0.25, -0.2) is 8.42 Å². The maximum absolute atomic E-state index is 13.3. The maximum Gasteiger partial charge on any atom is 0.181 e. The Kier molecular flexibility index (Phi) is 7.48. The standard InChI is InChI=1S/C31H46O4S/c1-3-31(33)19-16-26-22(21-31)9-13-28-27(26)15-18-30(2)23(11-14-29(28)30)10-12-25(17-20-32)36(34,35)24-7-5-4-6-8-24/h4-9,23,25-29,32-33H,3,10-21H2,1-2H3/t23?,25?,26?,27?,28?,29?,30?,31-/m0/s1. The molecule has 4 aliphatic rings. The fraction of sp³-hybridized carbons (Fsp3) is 0.742. The molecule has 5 rings (SSSR count). The first-order chi connectivity index (χ1) is 17.2. The van der Waals surface area contributed by atoms with Crippen molar-refractivity contribution in [2.24, 2.45) is 35.0 Å². The Morgan fingerprint density at radius 1 is 1.03 bits per heavy atom. The summed E-state index contributed by atoms with van der Waals surface area (Å²) in [6, 6.07) is 8.78. The monoisotopic (exact) mass is 514 g/mol. The molecule has 0 bridgehead atoms. The van der Waals surface area contributed by atoms with E-state index in [1.54, 1.807) is 29.8 Å². The van der Waals surface area contributed by atoms with E-state index < -0.39 is 20.7 Å². The number of hydrogen-bond acceptors (Lipinski definition) is 4. The summed E-state index contributed by atoms with van der Waals surface area (Å²) in [7, 11) is -3.44. The molecule has 200 valence electrons. The molecule has 1 aromatic carbocycles. The van der Waals surface area contributed by atoms with Crippen LogP contribution in [0, 0.1) is 35.0 Å². The highest BCUT2D eigenvalue weighted by Gasteiger charge is 2.56. The second-order valence-corrected chi connectivity index (χ2v) is 15.0. The fourth-order valence-corrected chi connectivity index (χ4v) is 10.8. The highest BCUT2D eigenvalue weighted by atomic mass is 32.2. The number of benzene rings is 1. The van der Waals surface area contributed by atoms with E-state index in [0.29, 0.717) is 35.0 Å². The first-order valence-electron chi connectivity index (χ1n) is 14.5. The van der Waals surface area contributed by atoms with Crippen molar-refractivity contribution in [2.75, 3.05) is 6.61 Å². The highest BCUT2D eigenvalue weighted by molar-refractivity contribution is 7.92. The van der Waals surface area contributed by atoms with Gasteiger partial charge in [-0.1, -0.05) is 43.7 Å². The molecule has 0 saturated heterocycles. The van der Waals surface area contributed by atoms with Crippen molar-refractivity contribution in [1.29, 1.82) is 0 Å². The van der Waals surface area contributed by atoms with E-state index in [9.17, 15) is 18.6 Å². The van der Waals surface area contributed by atoms with Gasteiger partial charge in [0.1, 0.15) is 0 Å². The van der Waals surface area contributed by atoms with Crippen molar-refractivity contribution < 1.29 is 18.6 Å². The molecule has 0 amide bonds. The number of fused-ring (bicyclic) bond motifs is 5. The van der Waals surface area contributed by atoms with Gasteiger partial charge in [0.15, 0.2) is 9.84 Å². The second kappa shape index (κ2) is 10.2. The van der Waals surface area contributed by atoms with E-state index in [0.717, 1.165) is 49.9 Å². The molecule has 3 saturated carbocycles. The van der Waals surface area contributed by atoms with E-state index in [2.05, 4.69) is 19.9 Å². The van der Waals surface area contributed by atoms with Crippen LogP contribution in [0.25, 0.3) is 0 Å². The molecular weight excluding hydrogens is 468 g/mol. The summed E-state index contributed by atoms with van der Waals surface area (Å²) in [6.07, 6.45) is 14.4. The van der Waals surface area contributed by atoms with Gasteiger partial charge >= 0.3 is 0 Å². The largest absolute Gasteiger partial charge is 0.396 e. The third-order valence-corrected chi connectivity index (χ3v) is 13.5. The van der Waals surface area contributed by atoms with E-state index >= 15 is 0 Å². The molecule has 1 aromatic rings. The first kappa shape index (κ1) is 26.4. The van der Waals surface area contributed by atoms with Gasteiger partial charge in [0, 0.05) is 6.61 Å². The van der Waals surface area contributed by atoms with Crippen LogP contribution in [0.5, 0.6) is 0 Å². The highest BCUT2D eigenvalue weighted by Crippen LogP contribution is 2.64. The van der Waals surface area contributed by atoms with Crippen molar-refractivity contribution >= 4 is 9.84 Å². The zero-order valence-corrected chi connectivity index (χ0v) is 23.1. The number of hydrogen-bond donors (Lipinski definition) is 2. The van der Waals surface area contributed by atoms with Gasteiger partial charge < -0.3 is 10.2 Å². The molecule has 0 aliphatic heterocycles. The average molecular weight is 515 g/mol. The summed E-state index contributed by atoms with van der Waals surface area (Å²) in [5.74, 6) is 3.48. The molecule has 4 aliphatic carbocycles. The zero-order valence-electron chi connectivity index (χ0n) is 22.2. The minimum atomic E-state index is -3.44. The SMILES string of the molecule is CC[C@]1(O)CCC2C(=CCC3C2CCC2(C)C(CCC(CCO)S(=O)(=O)c4ccccc4)CCC32)C1. The molecule has 36 heavy (non-hydrogen) atoms. The summed E-state index contributed by atoms with van der Waals surface area (Å²) < 4.78 is 26.7. The quantitative estimate of drug-likeness (QED) is 0.398. The summed E-state index contributed by atoms with van der Waals surface area (Å²) in [5, 5.41) is 20.1. The molecule has 4 nitrogen and oxygen atoms in total. The summed E-state index contributed by atoms with van der Waals surface area (Å²) >= 11 is 0. The molecule has 0 spiro atoms. The Morgan fingerprint density at radius 3 is 2.53 bits per heavy atom. The lowest BCUT2D eigenvalue weighted by atomic mass is 9.51. The third-order valence-electron chi connectivity index (χ3n) is 11.2. The third kappa shape index (κ3) is 4.62. The van der Waals surface area contributed by atoms with Crippen molar-refractivity contribution in [3.05, 3.63) is 42.0 Å². The van der Waals surface area contributed by atoms with Crippen LogP contribution in [0.3, 0.4) is 0 Å². The molecule has 5 heteroatoms. The smallest absolute Gasteiger partial charge is 0.181 e. The van der Waals surface area contributed by atoms with Crippen LogP contribution in [0.4, 0.5) is 0 Å². The Morgan fingerprint density at radius 2 is 1.81 bits per heavy atom. The van der Waals surface area contributed by atoms with Gasteiger partial charge in [-0.2, -0.15) is 0 Å². The average Bonchev–Trinajstić information content (AvgIpc) is 3.22. The van der Waals surface area contributed by atoms with Gasteiger partial charge in [0.25, 0.3) is 0 Å². The zero-order chi connectivity index (χ0) is 25.6. The molecule has 7 unspecified atom stereocenters.